The van der Waals surface area contributed by atoms with Crippen LogP contribution in [0.2, 0.25) is 0 Å². The van der Waals surface area contributed by atoms with Gasteiger partial charge in [-0.3, -0.25) is 10.1 Å². The van der Waals surface area contributed by atoms with Gasteiger partial charge in [-0.05, 0) is 24.3 Å². The van der Waals surface area contributed by atoms with Crippen molar-refractivity contribution in [3.8, 4) is 0 Å². The van der Waals surface area contributed by atoms with E-state index in [9.17, 15) is 4.79 Å². The molecule has 0 radical (unpaired) electrons. The van der Waals surface area contributed by atoms with E-state index >= 15 is 0 Å². The van der Waals surface area contributed by atoms with Crippen molar-refractivity contribution in [3.05, 3.63) is 67.3 Å². The molecule has 0 bridgehead atoms. The number of aromatic nitrogens is 5. The summed E-state index contributed by atoms with van der Waals surface area (Å²) >= 11 is 0. The molecule has 3 heterocycles. The second-order valence-corrected chi connectivity index (χ2v) is 5.17. The summed E-state index contributed by atoms with van der Waals surface area (Å²) in [5, 5.41) is 10.4. The van der Waals surface area contributed by atoms with Crippen molar-refractivity contribution < 1.29 is 4.79 Å². The van der Waals surface area contributed by atoms with Gasteiger partial charge in [0, 0.05) is 30.5 Å². The van der Waals surface area contributed by atoms with Crippen LogP contribution < -0.4 is 10.2 Å². The van der Waals surface area contributed by atoms with Gasteiger partial charge >= 0.3 is 6.03 Å². The number of para-hydroxylation sites is 1. The van der Waals surface area contributed by atoms with Gasteiger partial charge in [-0.15, -0.1) is 0 Å². The van der Waals surface area contributed by atoms with Gasteiger partial charge in [0.2, 0.25) is 5.95 Å². The predicted octanol–water partition coefficient (Wildman–Crippen LogP) is 3.12. The monoisotopic (exact) mass is 331 g/mol. The van der Waals surface area contributed by atoms with Gasteiger partial charge in [-0.2, -0.15) is 10.1 Å². The number of nitrogens with zero attached hydrogens (tertiary/aromatic N) is 5. The summed E-state index contributed by atoms with van der Waals surface area (Å²) in [4.78, 5) is 26.9. The van der Waals surface area contributed by atoms with Crippen molar-refractivity contribution in [3.63, 3.8) is 0 Å². The SMILES string of the molecule is O=C(Nc1ccncc1)N(c1ccccc1)c1ncc2c[nH]nc2n1. The maximum absolute atomic E-state index is 12.9. The van der Waals surface area contributed by atoms with E-state index in [1.807, 2.05) is 30.3 Å². The van der Waals surface area contributed by atoms with Crippen LogP contribution in [-0.2, 0) is 0 Å². The van der Waals surface area contributed by atoms with E-state index in [0.29, 0.717) is 17.0 Å². The Balaban J connectivity index is 1.74. The highest BCUT2D eigenvalue weighted by atomic mass is 16.2. The van der Waals surface area contributed by atoms with Crippen LogP contribution in [0.1, 0.15) is 0 Å². The summed E-state index contributed by atoms with van der Waals surface area (Å²) < 4.78 is 0. The van der Waals surface area contributed by atoms with E-state index in [1.165, 1.54) is 4.90 Å². The average Bonchev–Trinajstić information content (AvgIpc) is 3.11. The molecule has 4 aromatic rings. The van der Waals surface area contributed by atoms with E-state index in [1.54, 1.807) is 36.9 Å². The molecule has 0 aliphatic heterocycles. The molecule has 0 saturated carbocycles. The first-order valence-electron chi connectivity index (χ1n) is 7.54. The van der Waals surface area contributed by atoms with Crippen LogP contribution in [0, 0.1) is 0 Å². The number of carbonyl (C=O) groups is 1. The molecule has 0 saturated heterocycles. The first-order valence-corrected chi connectivity index (χ1v) is 7.54. The summed E-state index contributed by atoms with van der Waals surface area (Å²) in [6, 6.07) is 12.2. The van der Waals surface area contributed by atoms with Gasteiger partial charge < -0.3 is 5.32 Å². The van der Waals surface area contributed by atoms with Crippen molar-refractivity contribution in [2.45, 2.75) is 0 Å². The average molecular weight is 331 g/mol. The van der Waals surface area contributed by atoms with Crippen LogP contribution in [0.3, 0.4) is 0 Å². The van der Waals surface area contributed by atoms with Gasteiger partial charge in [0.15, 0.2) is 5.65 Å². The second-order valence-electron chi connectivity index (χ2n) is 5.17. The number of aromatic amines is 1. The molecule has 122 valence electrons. The minimum Gasteiger partial charge on any atom is -0.307 e. The zero-order valence-corrected chi connectivity index (χ0v) is 13.0. The Morgan fingerprint density at radius 3 is 2.68 bits per heavy atom. The van der Waals surface area contributed by atoms with Gasteiger partial charge in [-0.25, -0.2) is 14.7 Å². The van der Waals surface area contributed by atoms with Gasteiger partial charge in [0.25, 0.3) is 0 Å². The number of anilines is 3. The Morgan fingerprint density at radius 2 is 1.88 bits per heavy atom. The van der Waals surface area contributed by atoms with Crippen molar-refractivity contribution >= 4 is 34.4 Å². The topological polar surface area (TPSA) is 99.7 Å². The molecule has 1 aromatic carbocycles. The van der Waals surface area contributed by atoms with Crippen LogP contribution in [0.25, 0.3) is 11.0 Å². The number of nitrogens with one attached hydrogen (secondary N) is 2. The lowest BCUT2D eigenvalue weighted by molar-refractivity contribution is 0.258. The van der Waals surface area contributed by atoms with Gasteiger partial charge in [-0.1, -0.05) is 18.2 Å². The number of H-pyrrole nitrogens is 1. The van der Waals surface area contributed by atoms with Crippen LogP contribution in [0.15, 0.2) is 67.3 Å². The smallest absolute Gasteiger partial charge is 0.307 e. The molecule has 0 spiro atoms. The molecule has 8 nitrogen and oxygen atoms in total. The highest BCUT2D eigenvalue weighted by Crippen LogP contribution is 2.24. The first-order chi connectivity index (χ1) is 12.3. The third-order valence-electron chi connectivity index (χ3n) is 3.52. The molecular formula is C17H13N7O. The maximum Gasteiger partial charge on any atom is 0.333 e. The third-order valence-corrected chi connectivity index (χ3v) is 3.52. The lowest BCUT2D eigenvalue weighted by Gasteiger charge is -2.21. The number of urea groups is 1. The van der Waals surface area contributed by atoms with E-state index in [2.05, 4.69) is 30.5 Å². The Morgan fingerprint density at radius 1 is 1.08 bits per heavy atom. The normalized spacial score (nSPS) is 10.6. The maximum atomic E-state index is 12.9. The Kier molecular flexibility index (Phi) is 3.76. The molecule has 2 N–H and O–H groups in total. The fourth-order valence-electron chi connectivity index (χ4n) is 2.35. The summed E-state index contributed by atoms with van der Waals surface area (Å²) in [5.74, 6) is 0.234. The van der Waals surface area contributed by atoms with Crippen molar-refractivity contribution in [2.75, 3.05) is 10.2 Å². The molecule has 3 aromatic heterocycles. The summed E-state index contributed by atoms with van der Waals surface area (Å²) in [5.41, 5.74) is 1.76. The van der Waals surface area contributed by atoms with Crippen LogP contribution in [0.5, 0.6) is 0 Å². The molecular weight excluding hydrogens is 318 g/mol. The second kappa shape index (κ2) is 6.36. The Hall–Kier alpha value is -3.81. The quantitative estimate of drug-likeness (QED) is 0.601. The number of fused-ring (bicyclic) bond motifs is 1. The van der Waals surface area contributed by atoms with Crippen molar-refractivity contribution in [1.29, 1.82) is 0 Å². The molecule has 0 atom stereocenters. The highest BCUT2D eigenvalue weighted by Gasteiger charge is 2.21. The summed E-state index contributed by atoms with van der Waals surface area (Å²) in [6.45, 7) is 0. The fourth-order valence-corrected chi connectivity index (χ4v) is 2.35. The Labute approximate surface area is 142 Å². The molecule has 2 amide bonds. The van der Waals surface area contributed by atoms with Crippen LogP contribution in [-0.4, -0.2) is 31.2 Å². The number of rotatable bonds is 3. The van der Waals surface area contributed by atoms with E-state index < -0.39 is 0 Å². The molecule has 0 aliphatic rings. The molecule has 4 rings (SSSR count). The molecule has 8 heteroatoms. The largest absolute Gasteiger partial charge is 0.333 e. The minimum absolute atomic E-state index is 0.234. The molecule has 0 fully saturated rings. The standard InChI is InChI=1S/C17H13N7O/c25-17(21-13-6-8-18-9-7-13)24(14-4-2-1-3-5-14)16-19-10-12-11-20-23-15(12)22-16/h1-11H,(H,18,21,25)(H,19,20,22,23). The number of pyridine rings is 1. The number of hydrogen-bond donors (Lipinski definition) is 2. The summed E-state index contributed by atoms with van der Waals surface area (Å²) in [7, 11) is 0. The lowest BCUT2D eigenvalue weighted by Crippen LogP contribution is -2.32. The molecule has 0 unspecified atom stereocenters. The number of hydrogen-bond acceptors (Lipinski definition) is 5. The van der Waals surface area contributed by atoms with E-state index in [4.69, 9.17) is 0 Å². The Bertz CT molecular complexity index is 1000. The number of benzene rings is 1. The zero-order valence-electron chi connectivity index (χ0n) is 13.0. The number of amides is 2. The highest BCUT2D eigenvalue weighted by molar-refractivity contribution is 6.06. The zero-order chi connectivity index (χ0) is 17.1. The predicted molar refractivity (Wildman–Crippen MR) is 93.5 cm³/mol. The third kappa shape index (κ3) is 3.00. The van der Waals surface area contributed by atoms with Crippen molar-refractivity contribution in [2.24, 2.45) is 0 Å². The first kappa shape index (κ1) is 14.8. The summed E-state index contributed by atoms with van der Waals surface area (Å²) in [6.07, 6.45) is 6.53. The molecule has 0 aliphatic carbocycles. The molecule has 25 heavy (non-hydrogen) atoms. The van der Waals surface area contributed by atoms with E-state index in [0.717, 1.165) is 5.39 Å². The minimum atomic E-state index is -0.382. The number of carbonyl (C=O) groups excluding carboxylic acids is 1. The van der Waals surface area contributed by atoms with Crippen molar-refractivity contribution in [1.82, 2.24) is 25.1 Å². The van der Waals surface area contributed by atoms with Crippen LogP contribution in [0.4, 0.5) is 22.1 Å². The lowest BCUT2D eigenvalue weighted by atomic mass is 10.3. The van der Waals surface area contributed by atoms with Gasteiger partial charge in [0.05, 0.1) is 11.1 Å². The fraction of sp³-hybridized carbons (Fsp3) is 0. The van der Waals surface area contributed by atoms with E-state index in [-0.39, 0.29) is 12.0 Å². The van der Waals surface area contributed by atoms with Gasteiger partial charge in [0.1, 0.15) is 0 Å². The van der Waals surface area contributed by atoms with Crippen LogP contribution >= 0.6 is 0 Å².